The normalized spacial score (nSPS) is 15.9. The van der Waals surface area contributed by atoms with Crippen molar-refractivity contribution in [1.29, 1.82) is 0 Å². The van der Waals surface area contributed by atoms with Crippen LogP contribution in [0.2, 0.25) is 0 Å². The summed E-state index contributed by atoms with van der Waals surface area (Å²) in [5.74, 6) is 2.00. The first-order valence-electron chi connectivity index (χ1n) is 6.86. The summed E-state index contributed by atoms with van der Waals surface area (Å²) in [7, 11) is 2.01. The third-order valence-corrected chi connectivity index (χ3v) is 4.36. The van der Waals surface area contributed by atoms with Crippen LogP contribution in [0.4, 0.5) is 11.6 Å². The smallest absolute Gasteiger partial charge is 0.162 e. The predicted molar refractivity (Wildman–Crippen MR) is 82.8 cm³/mol. The van der Waals surface area contributed by atoms with Crippen LogP contribution in [0.15, 0.2) is 24.8 Å². The number of nitrogens with zero attached hydrogens (tertiary/aromatic N) is 7. The quantitative estimate of drug-likeness (QED) is 0.707. The average Bonchev–Trinajstić information content (AvgIpc) is 3.18. The Bertz CT molecular complexity index is 743. The van der Waals surface area contributed by atoms with Crippen LogP contribution in [0.3, 0.4) is 0 Å². The summed E-state index contributed by atoms with van der Waals surface area (Å²) in [6.45, 7) is 3.73. The fraction of sp³-hybridized carbons (Fsp3) is 0.385. The third-order valence-electron chi connectivity index (χ3n) is 3.89. The van der Waals surface area contributed by atoms with Gasteiger partial charge in [-0.25, -0.2) is 9.97 Å². The van der Waals surface area contributed by atoms with Gasteiger partial charge >= 0.3 is 0 Å². The Morgan fingerprint density at radius 3 is 2.67 bits per heavy atom. The van der Waals surface area contributed by atoms with Gasteiger partial charge in [0, 0.05) is 39.4 Å². The van der Waals surface area contributed by atoms with Crippen molar-refractivity contribution in [3.8, 4) is 0 Å². The molecule has 0 aromatic carbocycles. The Labute approximate surface area is 126 Å². The van der Waals surface area contributed by atoms with Gasteiger partial charge in [-0.05, 0) is 6.07 Å². The highest BCUT2D eigenvalue weighted by Crippen LogP contribution is 2.25. The number of aryl methyl sites for hydroxylation is 1. The van der Waals surface area contributed by atoms with E-state index in [9.17, 15) is 0 Å². The Balaban J connectivity index is 1.58. The second-order valence-corrected chi connectivity index (χ2v) is 5.66. The highest BCUT2D eigenvalue weighted by atomic mass is 32.1. The molecule has 3 aromatic heterocycles. The third kappa shape index (κ3) is 2.11. The van der Waals surface area contributed by atoms with E-state index in [0.717, 1.165) is 48.8 Å². The van der Waals surface area contributed by atoms with Crippen molar-refractivity contribution in [2.75, 3.05) is 36.0 Å². The summed E-state index contributed by atoms with van der Waals surface area (Å²) in [5, 5.41) is 1.11. The maximum Gasteiger partial charge on any atom is 0.162 e. The lowest BCUT2D eigenvalue weighted by atomic mass is 10.2. The molecular formula is C13H15N7S. The van der Waals surface area contributed by atoms with Crippen LogP contribution in [-0.2, 0) is 7.05 Å². The van der Waals surface area contributed by atoms with Gasteiger partial charge in [0.05, 0.1) is 23.3 Å². The van der Waals surface area contributed by atoms with Gasteiger partial charge < -0.3 is 14.4 Å². The van der Waals surface area contributed by atoms with Crippen LogP contribution in [-0.4, -0.2) is 49.5 Å². The molecule has 1 fully saturated rings. The molecule has 1 aliphatic heterocycles. The minimum absolute atomic E-state index is 0.929. The number of hydrogen-bond acceptors (Lipinski definition) is 7. The molecule has 0 unspecified atom stereocenters. The van der Waals surface area contributed by atoms with Gasteiger partial charge in [-0.3, -0.25) is 0 Å². The maximum atomic E-state index is 4.49. The fourth-order valence-corrected chi connectivity index (χ4v) is 3.20. The van der Waals surface area contributed by atoms with Crippen molar-refractivity contribution in [2.45, 2.75) is 0 Å². The zero-order valence-electron chi connectivity index (χ0n) is 11.7. The van der Waals surface area contributed by atoms with E-state index in [1.54, 1.807) is 6.33 Å². The van der Waals surface area contributed by atoms with Gasteiger partial charge in [0.25, 0.3) is 0 Å². The Hall–Kier alpha value is -2.22. The summed E-state index contributed by atoms with van der Waals surface area (Å²) >= 11 is 1.26. The van der Waals surface area contributed by atoms with Gasteiger partial charge in [0.15, 0.2) is 5.82 Å². The average molecular weight is 301 g/mol. The molecule has 0 aliphatic carbocycles. The van der Waals surface area contributed by atoms with Crippen molar-refractivity contribution in [3.63, 3.8) is 0 Å². The van der Waals surface area contributed by atoms with Crippen LogP contribution in [0.25, 0.3) is 11.0 Å². The van der Waals surface area contributed by atoms with E-state index in [4.69, 9.17) is 0 Å². The lowest BCUT2D eigenvalue weighted by molar-refractivity contribution is 0.645. The highest BCUT2D eigenvalue weighted by Gasteiger charge is 2.21. The van der Waals surface area contributed by atoms with Crippen molar-refractivity contribution < 1.29 is 0 Å². The van der Waals surface area contributed by atoms with Gasteiger partial charge in [0.1, 0.15) is 17.8 Å². The van der Waals surface area contributed by atoms with E-state index in [2.05, 4.69) is 34.6 Å². The molecule has 1 saturated heterocycles. The molecule has 7 nitrogen and oxygen atoms in total. The second-order valence-electron chi connectivity index (χ2n) is 5.10. The summed E-state index contributed by atoms with van der Waals surface area (Å²) in [5.41, 5.74) is 0.978. The van der Waals surface area contributed by atoms with E-state index < -0.39 is 0 Å². The van der Waals surface area contributed by atoms with Crippen molar-refractivity contribution in [2.24, 2.45) is 7.05 Å². The predicted octanol–water partition coefficient (Wildman–Crippen LogP) is 1.15. The fourth-order valence-electron chi connectivity index (χ4n) is 2.76. The van der Waals surface area contributed by atoms with Gasteiger partial charge in [-0.15, -0.1) is 0 Å². The van der Waals surface area contributed by atoms with E-state index in [1.165, 1.54) is 11.7 Å². The van der Waals surface area contributed by atoms with E-state index >= 15 is 0 Å². The van der Waals surface area contributed by atoms with Crippen LogP contribution in [0, 0.1) is 0 Å². The zero-order valence-corrected chi connectivity index (χ0v) is 12.5. The van der Waals surface area contributed by atoms with Crippen LogP contribution < -0.4 is 9.80 Å². The SMILES string of the molecule is Cn1ccc2c(N3CCN(c4cnsn4)CC3)ncnc21. The first-order chi connectivity index (χ1) is 10.3. The van der Waals surface area contributed by atoms with E-state index in [0.29, 0.717) is 0 Å². The first-order valence-corrected chi connectivity index (χ1v) is 7.59. The largest absolute Gasteiger partial charge is 0.352 e. The van der Waals surface area contributed by atoms with Crippen molar-refractivity contribution >= 4 is 34.4 Å². The zero-order chi connectivity index (χ0) is 14.2. The molecule has 4 heterocycles. The minimum atomic E-state index is 0.929. The van der Waals surface area contributed by atoms with Crippen molar-refractivity contribution in [1.82, 2.24) is 23.3 Å². The highest BCUT2D eigenvalue weighted by molar-refractivity contribution is 6.99. The number of piperazine rings is 1. The Kier molecular flexibility index (Phi) is 2.95. The number of aromatic nitrogens is 5. The number of anilines is 2. The number of rotatable bonds is 2. The van der Waals surface area contributed by atoms with Gasteiger partial charge in [0.2, 0.25) is 0 Å². The molecule has 3 aromatic rings. The standard InChI is InChI=1S/C13H15N7S/c1-18-3-2-10-12(18)14-9-15-13(10)20-6-4-19(5-7-20)11-8-16-21-17-11/h2-3,8-9H,4-7H2,1H3. The molecule has 108 valence electrons. The first kappa shape index (κ1) is 12.5. The second kappa shape index (κ2) is 4.96. The van der Waals surface area contributed by atoms with E-state index in [-0.39, 0.29) is 0 Å². The topological polar surface area (TPSA) is 63.0 Å². The summed E-state index contributed by atoms with van der Waals surface area (Å²) in [4.78, 5) is 13.4. The molecule has 4 rings (SSSR count). The molecule has 21 heavy (non-hydrogen) atoms. The molecule has 0 radical (unpaired) electrons. The number of fused-ring (bicyclic) bond motifs is 1. The van der Waals surface area contributed by atoms with Crippen LogP contribution in [0.5, 0.6) is 0 Å². The molecule has 0 spiro atoms. The van der Waals surface area contributed by atoms with E-state index in [1.807, 2.05) is 24.0 Å². The molecule has 8 heteroatoms. The monoisotopic (exact) mass is 301 g/mol. The molecule has 1 aliphatic rings. The maximum absolute atomic E-state index is 4.49. The van der Waals surface area contributed by atoms with Gasteiger partial charge in [-0.2, -0.15) is 8.75 Å². The summed E-state index contributed by atoms with van der Waals surface area (Å²) in [6.07, 6.45) is 5.51. The molecule has 0 bridgehead atoms. The van der Waals surface area contributed by atoms with Crippen LogP contribution >= 0.6 is 11.7 Å². The summed E-state index contributed by atoms with van der Waals surface area (Å²) in [6, 6.07) is 2.08. The lowest BCUT2D eigenvalue weighted by Crippen LogP contribution is -2.47. The van der Waals surface area contributed by atoms with Crippen molar-refractivity contribution in [3.05, 3.63) is 24.8 Å². The van der Waals surface area contributed by atoms with Gasteiger partial charge in [-0.1, -0.05) is 0 Å². The molecule has 0 N–H and O–H groups in total. The Morgan fingerprint density at radius 2 is 1.90 bits per heavy atom. The summed E-state index contributed by atoms with van der Waals surface area (Å²) < 4.78 is 10.4. The molecule has 0 saturated carbocycles. The molecule has 0 amide bonds. The number of hydrogen-bond donors (Lipinski definition) is 0. The molecular weight excluding hydrogens is 286 g/mol. The Morgan fingerprint density at radius 1 is 1.10 bits per heavy atom. The lowest BCUT2D eigenvalue weighted by Gasteiger charge is -2.35. The molecule has 0 atom stereocenters. The van der Waals surface area contributed by atoms with Crippen LogP contribution in [0.1, 0.15) is 0 Å². The minimum Gasteiger partial charge on any atom is -0.352 e.